The standard InChI is InChI=1S/C19H25ClN2O4S/c1-22(2)27(25,26)16-6-14(3-4-15(16)20)21-17(23)18-7-12-5-13(8-18)10-19(24,9-12)11-18/h3-4,6,12-13,24H,5,7-11H2,1-2H3,(H,21,23). The molecule has 0 aliphatic heterocycles. The summed E-state index contributed by atoms with van der Waals surface area (Å²) in [5.41, 5.74) is -0.868. The Morgan fingerprint density at radius 2 is 1.85 bits per heavy atom. The summed E-state index contributed by atoms with van der Waals surface area (Å²) in [6.07, 6.45) is 4.79. The summed E-state index contributed by atoms with van der Waals surface area (Å²) >= 11 is 6.08. The molecule has 4 aliphatic carbocycles. The van der Waals surface area contributed by atoms with Crippen LogP contribution in [-0.2, 0) is 14.8 Å². The number of rotatable bonds is 4. The SMILES string of the molecule is CN(C)S(=O)(=O)c1cc(NC(=O)C23CC4CC(CC(O)(C4)C2)C3)ccc1Cl. The van der Waals surface area contributed by atoms with Crippen molar-refractivity contribution in [1.82, 2.24) is 4.31 Å². The van der Waals surface area contributed by atoms with E-state index in [2.05, 4.69) is 5.32 Å². The van der Waals surface area contributed by atoms with Crippen molar-refractivity contribution >= 4 is 33.2 Å². The Morgan fingerprint density at radius 3 is 2.41 bits per heavy atom. The van der Waals surface area contributed by atoms with Gasteiger partial charge >= 0.3 is 0 Å². The lowest BCUT2D eigenvalue weighted by molar-refractivity contribution is -0.174. The maximum Gasteiger partial charge on any atom is 0.244 e. The largest absolute Gasteiger partial charge is 0.390 e. The summed E-state index contributed by atoms with van der Waals surface area (Å²) in [5.74, 6) is 0.680. The molecule has 1 aromatic rings. The number of benzene rings is 1. The van der Waals surface area contributed by atoms with Crippen LogP contribution in [0.25, 0.3) is 0 Å². The molecule has 0 saturated heterocycles. The highest BCUT2D eigenvalue weighted by molar-refractivity contribution is 7.89. The van der Waals surface area contributed by atoms with E-state index in [4.69, 9.17) is 11.6 Å². The molecular weight excluding hydrogens is 388 g/mol. The molecule has 4 aliphatic rings. The lowest BCUT2D eigenvalue weighted by Crippen LogP contribution is -2.59. The molecular formula is C19H25ClN2O4S. The van der Waals surface area contributed by atoms with Crippen molar-refractivity contribution in [3.05, 3.63) is 23.2 Å². The molecule has 4 fully saturated rings. The number of anilines is 1. The predicted molar refractivity (Wildman–Crippen MR) is 103 cm³/mol. The Bertz CT molecular complexity index is 885. The van der Waals surface area contributed by atoms with Gasteiger partial charge in [0.2, 0.25) is 15.9 Å². The third-order valence-corrected chi connectivity index (χ3v) is 8.76. The van der Waals surface area contributed by atoms with Crippen LogP contribution in [0.4, 0.5) is 5.69 Å². The summed E-state index contributed by atoms with van der Waals surface area (Å²) in [7, 11) is -0.835. The quantitative estimate of drug-likeness (QED) is 0.796. The highest BCUT2D eigenvalue weighted by atomic mass is 35.5. The molecule has 0 heterocycles. The van der Waals surface area contributed by atoms with E-state index < -0.39 is 21.0 Å². The number of carbonyl (C=O) groups excluding carboxylic acids is 1. The normalized spacial score (nSPS) is 34.9. The minimum Gasteiger partial charge on any atom is -0.390 e. The fraction of sp³-hybridized carbons (Fsp3) is 0.632. The molecule has 0 aromatic heterocycles. The second kappa shape index (κ2) is 6.17. The summed E-state index contributed by atoms with van der Waals surface area (Å²) < 4.78 is 26.0. The number of sulfonamides is 1. The molecule has 4 bridgehead atoms. The van der Waals surface area contributed by atoms with E-state index in [-0.39, 0.29) is 15.8 Å². The summed E-state index contributed by atoms with van der Waals surface area (Å²) in [6, 6.07) is 4.51. The van der Waals surface area contributed by atoms with Gasteiger partial charge in [-0.1, -0.05) is 11.6 Å². The van der Waals surface area contributed by atoms with Gasteiger partial charge in [0.05, 0.1) is 16.0 Å². The highest BCUT2D eigenvalue weighted by Gasteiger charge is 2.60. The Hall–Kier alpha value is -1.15. The van der Waals surface area contributed by atoms with Gasteiger partial charge in [-0.15, -0.1) is 0 Å². The zero-order chi connectivity index (χ0) is 19.6. The van der Waals surface area contributed by atoms with Crippen LogP contribution in [0, 0.1) is 17.3 Å². The first-order valence-corrected chi connectivity index (χ1v) is 11.1. The van der Waals surface area contributed by atoms with Gasteiger partial charge < -0.3 is 10.4 Å². The molecule has 27 heavy (non-hydrogen) atoms. The summed E-state index contributed by atoms with van der Waals surface area (Å²) in [4.78, 5) is 13.1. The predicted octanol–water partition coefficient (Wildman–Crippen LogP) is 2.86. The molecule has 2 atom stereocenters. The van der Waals surface area contributed by atoms with Gasteiger partial charge in [-0.3, -0.25) is 4.79 Å². The van der Waals surface area contributed by atoms with Gasteiger partial charge in [0, 0.05) is 19.8 Å². The first-order chi connectivity index (χ1) is 12.5. The van der Waals surface area contributed by atoms with E-state index in [1.54, 1.807) is 6.07 Å². The average molecular weight is 413 g/mol. The Labute approximate surface area is 164 Å². The van der Waals surface area contributed by atoms with Gasteiger partial charge in [-0.05, 0) is 68.6 Å². The summed E-state index contributed by atoms with van der Waals surface area (Å²) in [5, 5.41) is 13.9. The Kier molecular flexibility index (Phi) is 4.39. The molecule has 5 rings (SSSR count). The molecule has 2 unspecified atom stereocenters. The number of hydrogen-bond acceptors (Lipinski definition) is 4. The van der Waals surface area contributed by atoms with E-state index in [0.29, 0.717) is 23.9 Å². The number of aliphatic hydroxyl groups is 1. The van der Waals surface area contributed by atoms with Gasteiger partial charge in [-0.2, -0.15) is 0 Å². The van der Waals surface area contributed by atoms with Crippen LogP contribution < -0.4 is 5.32 Å². The van der Waals surface area contributed by atoms with Crippen LogP contribution in [-0.4, -0.2) is 43.4 Å². The average Bonchev–Trinajstić information content (AvgIpc) is 2.54. The third-order valence-electron chi connectivity index (χ3n) is 6.46. The second-order valence-corrected chi connectivity index (χ2v) is 11.4. The monoisotopic (exact) mass is 412 g/mol. The van der Waals surface area contributed by atoms with Crippen molar-refractivity contribution < 1.29 is 18.3 Å². The lowest BCUT2D eigenvalue weighted by Gasteiger charge is -2.59. The first kappa shape index (κ1) is 19.2. The molecule has 1 amide bonds. The van der Waals surface area contributed by atoms with Crippen LogP contribution >= 0.6 is 11.6 Å². The van der Waals surface area contributed by atoms with Crippen molar-refractivity contribution in [3.63, 3.8) is 0 Å². The number of amides is 1. The maximum absolute atomic E-state index is 13.2. The number of carbonyl (C=O) groups is 1. The van der Waals surface area contributed by atoms with Crippen molar-refractivity contribution in [1.29, 1.82) is 0 Å². The highest BCUT2D eigenvalue weighted by Crippen LogP contribution is 2.61. The topological polar surface area (TPSA) is 86.7 Å². The minimum absolute atomic E-state index is 0.0314. The van der Waals surface area contributed by atoms with Gasteiger partial charge in [-0.25, -0.2) is 12.7 Å². The minimum atomic E-state index is -3.71. The van der Waals surface area contributed by atoms with Crippen molar-refractivity contribution in [3.8, 4) is 0 Å². The summed E-state index contributed by atoms with van der Waals surface area (Å²) in [6.45, 7) is 0. The molecule has 4 saturated carbocycles. The number of nitrogens with zero attached hydrogens (tertiary/aromatic N) is 1. The molecule has 0 radical (unpaired) electrons. The Morgan fingerprint density at radius 1 is 1.22 bits per heavy atom. The van der Waals surface area contributed by atoms with E-state index >= 15 is 0 Å². The van der Waals surface area contributed by atoms with E-state index in [0.717, 1.165) is 36.4 Å². The molecule has 8 heteroatoms. The van der Waals surface area contributed by atoms with Gasteiger partial charge in [0.25, 0.3) is 0 Å². The van der Waals surface area contributed by atoms with Gasteiger partial charge in [0.1, 0.15) is 4.90 Å². The zero-order valence-corrected chi connectivity index (χ0v) is 17.1. The molecule has 1 aromatic carbocycles. The lowest BCUT2D eigenvalue weighted by atomic mass is 9.47. The first-order valence-electron chi connectivity index (χ1n) is 9.29. The number of hydrogen-bond donors (Lipinski definition) is 2. The molecule has 6 nitrogen and oxygen atoms in total. The Balaban J connectivity index is 1.61. The molecule has 148 valence electrons. The van der Waals surface area contributed by atoms with Crippen LogP contribution in [0.3, 0.4) is 0 Å². The van der Waals surface area contributed by atoms with Gasteiger partial charge in [0.15, 0.2) is 0 Å². The number of nitrogens with one attached hydrogen (secondary N) is 1. The van der Waals surface area contributed by atoms with E-state index in [9.17, 15) is 18.3 Å². The van der Waals surface area contributed by atoms with Crippen LogP contribution in [0.15, 0.2) is 23.1 Å². The molecule has 0 spiro atoms. The van der Waals surface area contributed by atoms with Crippen LogP contribution in [0.5, 0.6) is 0 Å². The smallest absolute Gasteiger partial charge is 0.244 e. The fourth-order valence-corrected chi connectivity index (χ4v) is 7.11. The zero-order valence-electron chi connectivity index (χ0n) is 15.5. The van der Waals surface area contributed by atoms with Crippen molar-refractivity contribution in [2.45, 2.75) is 49.0 Å². The molecule has 2 N–H and O–H groups in total. The van der Waals surface area contributed by atoms with Crippen LogP contribution in [0.1, 0.15) is 38.5 Å². The maximum atomic E-state index is 13.2. The number of halogens is 1. The van der Waals surface area contributed by atoms with E-state index in [1.807, 2.05) is 0 Å². The van der Waals surface area contributed by atoms with Crippen LogP contribution in [0.2, 0.25) is 5.02 Å². The fourth-order valence-electron chi connectivity index (χ4n) is 5.72. The van der Waals surface area contributed by atoms with Crippen molar-refractivity contribution in [2.75, 3.05) is 19.4 Å². The van der Waals surface area contributed by atoms with Crippen molar-refractivity contribution in [2.24, 2.45) is 17.3 Å². The third kappa shape index (κ3) is 3.18. The second-order valence-electron chi connectivity index (χ2n) is 8.85. The van der Waals surface area contributed by atoms with E-state index in [1.165, 1.54) is 26.2 Å².